The molecule has 0 N–H and O–H groups in total. The third kappa shape index (κ3) is 5.19. The molecule has 164 valence electrons. The van der Waals surface area contributed by atoms with E-state index in [2.05, 4.69) is 29.2 Å². The first kappa shape index (κ1) is 21.2. The van der Waals surface area contributed by atoms with Crippen LogP contribution in [0, 0.1) is 0 Å². The first-order valence-corrected chi connectivity index (χ1v) is 11.2. The molecule has 0 radical (unpaired) electrons. The number of hydrogen-bond donors (Lipinski definition) is 0. The summed E-state index contributed by atoms with van der Waals surface area (Å²) in [5, 5.41) is 0. The summed E-state index contributed by atoms with van der Waals surface area (Å²) in [6, 6.07) is 16.0. The number of benzene rings is 2. The number of ether oxygens (including phenoxy) is 1. The average molecular weight is 422 g/mol. The van der Waals surface area contributed by atoms with Gasteiger partial charge in [0.05, 0.1) is 12.2 Å². The number of para-hydroxylation sites is 2. The van der Waals surface area contributed by atoms with Gasteiger partial charge in [-0.3, -0.25) is 9.59 Å². The number of rotatable bonds is 6. The van der Waals surface area contributed by atoms with Gasteiger partial charge in [0.25, 0.3) is 0 Å². The molecule has 0 atom stereocenters. The molecule has 2 heterocycles. The minimum atomic E-state index is -0.0385. The molecule has 2 aliphatic heterocycles. The molecule has 0 spiro atoms. The smallest absolute Gasteiger partial charge is 0.227 e. The van der Waals surface area contributed by atoms with Gasteiger partial charge in [-0.15, -0.1) is 0 Å². The molecule has 0 unspecified atom stereocenters. The predicted molar refractivity (Wildman–Crippen MR) is 123 cm³/mol. The van der Waals surface area contributed by atoms with E-state index >= 15 is 0 Å². The molecule has 0 bridgehead atoms. The van der Waals surface area contributed by atoms with E-state index in [1.807, 2.05) is 24.3 Å². The fourth-order valence-electron chi connectivity index (χ4n) is 4.29. The Morgan fingerprint density at radius 2 is 1.68 bits per heavy atom. The van der Waals surface area contributed by atoms with Crippen LogP contribution in [-0.4, -0.2) is 50.0 Å². The Bertz CT molecular complexity index is 906. The van der Waals surface area contributed by atoms with Crippen molar-refractivity contribution in [3.63, 3.8) is 0 Å². The van der Waals surface area contributed by atoms with Gasteiger partial charge < -0.3 is 19.4 Å². The molecule has 2 aliphatic rings. The van der Waals surface area contributed by atoms with E-state index < -0.39 is 0 Å². The van der Waals surface area contributed by atoms with E-state index in [4.69, 9.17) is 4.74 Å². The van der Waals surface area contributed by atoms with Gasteiger partial charge in [0.15, 0.2) is 0 Å². The fourth-order valence-corrected chi connectivity index (χ4v) is 4.29. The summed E-state index contributed by atoms with van der Waals surface area (Å²) in [6.45, 7) is 3.79. The van der Waals surface area contributed by atoms with Gasteiger partial charge in [-0.1, -0.05) is 24.3 Å². The first-order chi connectivity index (χ1) is 15.1. The predicted octanol–water partition coefficient (Wildman–Crippen LogP) is 3.84. The maximum Gasteiger partial charge on any atom is 0.227 e. The summed E-state index contributed by atoms with van der Waals surface area (Å²) < 4.78 is 5.61. The fraction of sp³-hybridized carbons (Fsp3) is 0.440. The average Bonchev–Trinajstić information content (AvgIpc) is 2.83. The lowest BCUT2D eigenvalue weighted by molar-refractivity contribution is -0.132. The number of nitrogens with zero attached hydrogens (tertiary/aromatic N) is 3. The second kappa shape index (κ2) is 9.86. The number of hydrogen-bond acceptors (Lipinski definition) is 4. The Morgan fingerprint density at radius 1 is 0.935 bits per heavy atom. The normalized spacial score (nSPS) is 15.8. The van der Waals surface area contributed by atoms with Crippen LogP contribution in [0.25, 0.3) is 0 Å². The van der Waals surface area contributed by atoms with Crippen molar-refractivity contribution in [2.45, 2.75) is 38.6 Å². The Labute approximate surface area is 184 Å². The quantitative estimate of drug-likeness (QED) is 0.711. The van der Waals surface area contributed by atoms with Crippen LogP contribution >= 0.6 is 0 Å². The van der Waals surface area contributed by atoms with Crippen molar-refractivity contribution in [2.24, 2.45) is 0 Å². The number of carbonyl (C=O) groups is 2. The summed E-state index contributed by atoms with van der Waals surface area (Å²) in [5.41, 5.74) is 3.15. The van der Waals surface area contributed by atoms with Crippen molar-refractivity contribution < 1.29 is 14.3 Å². The highest BCUT2D eigenvalue weighted by Crippen LogP contribution is 2.31. The van der Waals surface area contributed by atoms with Crippen molar-refractivity contribution in [1.29, 1.82) is 0 Å². The molecular weight excluding hydrogens is 390 g/mol. The molecule has 6 heteroatoms. The van der Waals surface area contributed by atoms with E-state index in [1.54, 1.807) is 16.8 Å². The molecule has 0 saturated carbocycles. The van der Waals surface area contributed by atoms with Crippen LogP contribution in [-0.2, 0) is 16.1 Å². The third-order valence-corrected chi connectivity index (χ3v) is 6.09. The largest absolute Gasteiger partial charge is 0.490 e. The SMILES string of the molecule is CN(Cc1ccc(N2CCCCC2)cc1)C(=O)CCC(=O)N1CCOc2ccccc21. The Hall–Kier alpha value is -3.02. The van der Waals surface area contributed by atoms with Gasteiger partial charge in [0.1, 0.15) is 12.4 Å². The zero-order chi connectivity index (χ0) is 21.6. The second-order valence-corrected chi connectivity index (χ2v) is 8.33. The maximum absolute atomic E-state index is 12.7. The van der Waals surface area contributed by atoms with Crippen LogP contribution in [0.3, 0.4) is 0 Å². The molecule has 0 aromatic heterocycles. The van der Waals surface area contributed by atoms with Crippen LogP contribution in [0.4, 0.5) is 11.4 Å². The van der Waals surface area contributed by atoms with Crippen LogP contribution in [0.2, 0.25) is 0 Å². The van der Waals surface area contributed by atoms with Crippen LogP contribution in [0.5, 0.6) is 5.75 Å². The number of fused-ring (bicyclic) bond motifs is 1. The van der Waals surface area contributed by atoms with Crippen LogP contribution in [0.1, 0.15) is 37.7 Å². The zero-order valence-corrected chi connectivity index (χ0v) is 18.3. The molecule has 31 heavy (non-hydrogen) atoms. The van der Waals surface area contributed by atoms with Gasteiger partial charge in [-0.2, -0.15) is 0 Å². The lowest BCUT2D eigenvalue weighted by Gasteiger charge is -2.29. The third-order valence-electron chi connectivity index (χ3n) is 6.09. The highest BCUT2D eigenvalue weighted by atomic mass is 16.5. The molecule has 2 aromatic carbocycles. The molecule has 1 saturated heterocycles. The van der Waals surface area contributed by atoms with Gasteiger partial charge in [-0.25, -0.2) is 0 Å². The topological polar surface area (TPSA) is 53.1 Å². The lowest BCUT2D eigenvalue weighted by atomic mass is 10.1. The summed E-state index contributed by atoms with van der Waals surface area (Å²) >= 11 is 0. The van der Waals surface area contributed by atoms with Crippen LogP contribution < -0.4 is 14.5 Å². The van der Waals surface area contributed by atoms with E-state index in [-0.39, 0.29) is 24.7 Å². The Kier molecular flexibility index (Phi) is 6.75. The Balaban J connectivity index is 1.27. The highest BCUT2D eigenvalue weighted by Gasteiger charge is 2.24. The van der Waals surface area contributed by atoms with Gasteiger partial charge in [-0.05, 0) is 49.1 Å². The van der Waals surface area contributed by atoms with Crippen molar-refractivity contribution in [2.75, 3.05) is 43.1 Å². The summed E-state index contributed by atoms with van der Waals surface area (Å²) in [5.74, 6) is 0.664. The van der Waals surface area contributed by atoms with Crippen LogP contribution in [0.15, 0.2) is 48.5 Å². The van der Waals surface area contributed by atoms with E-state index in [1.165, 1.54) is 24.9 Å². The van der Waals surface area contributed by atoms with Gasteiger partial charge in [0.2, 0.25) is 11.8 Å². The summed E-state index contributed by atoms with van der Waals surface area (Å²) in [7, 11) is 1.80. The Morgan fingerprint density at radius 3 is 2.45 bits per heavy atom. The highest BCUT2D eigenvalue weighted by molar-refractivity contribution is 5.97. The number of carbonyl (C=O) groups excluding carboxylic acids is 2. The zero-order valence-electron chi connectivity index (χ0n) is 18.3. The summed E-state index contributed by atoms with van der Waals surface area (Å²) in [6.07, 6.45) is 4.25. The van der Waals surface area contributed by atoms with Crippen molar-refractivity contribution in [3.05, 3.63) is 54.1 Å². The van der Waals surface area contributed by atoms with Crippen molar-refractivity contribution in [3.8, 4) is 5.75 Å². The molecule has 1 fully saturated rings. The second-order valence-electron chi connectivity index (χ2n) is 8.33. The molecule has 4 rings (SSSR count). The number of piperidine rings is 1. The summed E-state index contributed by atoms with van der Waals surface area (Å²) in [4.78, 5) is 31.2. The van der Waals surface area contributed by atoms with Crippen molar-refractivity contribution in [1.82, 2.24) is 4.90 Å². The van der Waals surface area contributed by atoms with Crippen molar-refractivity contribution >= 4 is 23.2 Å². The van der Waals surface area contributed by atoms with E-state index in [9.17, 15) is 9.59 Å². The van der Waals surface area contributed by atoms with E-state index in [0.29, 0.717) is 19.7 Å². The molecule has 6 nitrogen and oxygen atoms in total. The standard InChI is InChI=1S/C25H31N3O3/c1-26(19-20-9-11-21(12-10-20)27-15-5-2-6-16-27)24(29)13-14-25(30)28-17-18-31-23-8-4-3-7-22(23)28/h3-4,7-12H,2,5-6,13-19H2,1H3. The maximum atomic E-state index is 12.7. The molecular formula is C25H31N3O3. The number of amides is 2. The molecule has 0 aliphatic carbocycles. The first-order valence-electron chi connectivity index (χ1n) is 11.2. The van der Waals surface area contributed by atoms with E-state index in [0.717, 1.165) is 30.1 Å². The minimum absolute atomic E-state index is 0.0185. The molecule has 2 amide bonds. The monoisotopic (exact) mass is 421 g/mol. The number of anilines is 2. The molecule has 2 aromatic rings. The van der Waals surface area contributed by atoms with Gasteiger partial charge >= 0.3 is 0 Å². The lowest BCUT2D eigenvalue weighted by Crippen LogP contribution is -2.38. The van der Waals surface area contributed by atoms with Gasteiger partial charge in [0, 0.05) is 45.2 Å². The minimum Gasteiger partial charge on any atom is -0.490 e.